The minimum atomic E-state index is -3.63. The summed E-state index contributed by atoms with van der Waals surface area (Å²) >= 11 is 5.95. The first-order valence-corrected chi connectivity index (χ1v) is 9.59. The fourth-order valence-corrected chi connectivity index (χ4v) is 4.84. The fraction of sp³-hybridized carbons (Fsp3) is 0.222. The number of fused-ring (bicyclic) bond motifs is 3. The normalized spacial score (nSPS) is 14.2. The number of sulfone groups is 1. The SMILES string of the molecule is Cc1cc(S(=O)(=O)c2cccc(Cl)c2)cc2c3c(oc12)CCNC3.Cl. The highest BCUT2D eigenvalue weighted by atomic mass is 35.5. The molecule has 2 aromatic carbocycles. The lowest BCUT2D eigenvalue weighted by Crippen LogP contribution is -2.22. The van der Waals surface area contributed by atoms with Crippen LogP contribution < -0.4 is 5.32 Å². The van der Waals surface area contributed by atoms with Crippen LogP contribution in [0.5, 0.6) is 0 Å². The molecule has 1 aliphatic heterocycles. The van der Waals surface area contributed by atoms with Crippen molar-refractivity contribution in [1.29, 1.82) is 0 Å². The Bertz CT molecular complexity index is 1060. The Morgan fingerprint density at radius 3 is 2.72 bits per heavy atom. The molecule has 4 nitrogen and oxygen atoms in total. The summed E-state index contributed by atoms with van der Waals surface area (Å²) in [5, 5.41) is 4.58. The molecule has 7 heteroatoms. The summed E-state index contributed by atoms with van der Waals surface area (Å²) in [5.41, 5.74) is 2.65. The highest BCUT2D eigenvalue weighted by molar-refractivity contribution is 7.91. The lowest BCUT2D eigenvalue weighted by molar-refractivity contribution is 0.499. The summed E-state index contributed by atoms with van der Waals surface area (Å²) in [6, 6.07) is 9.72. The third-order valence-corrected chi connectivity index (χ3v) is 6.35. The first-order chi connectivity index (χ1) is 11.5. The van der Waals surface area contributed by atoms with Crippen LogP contribution in [-0.2, 0) is 22.8 Å². The zero-order valence-electron chi connectivity index (χ0n) is 13.5. The van der Waals surface area contributed by atoms with Gasteiger partial charge in [-0.05, 0) is 42.8 Å². The van der Waals surface area contributed by atoms with Crippen LogP contribution in [0.2, 0.25) is 5.02 Å². The summed E-state index contributed by atoms with van der Waals surface area (Å²) in [6.45, 7) is 3.45. The number of hydrogen-bond acceptors (Lipinski definition) is 4. The number of aryl methyl sites for hydroxylation is 1. The third-order valence-electron chi connectivity index (χ3n) is 4.38. The molecule has 0 amide bonds. The van der Waals surface area contributed by atoms with Crippen molar-refractivity contribution in [1.82, 2.24) is 5.32 Å². The van der Waals surface area contributed by atoms with E-state index in [-0.39, 0.29) is 22.2 Å². The van der Waals surface area contributed by atoms with Gasteiger partial charge >= 0.3 is 0 Å². The topological polar surface area (TPSA) is 59.3 Å². The second-order valence-corrected chi connectivity index (χ2v) is 8.39. The Balaban J connectivity index is 0.00000182. The molecule has 0 fully saturated rings. The van der Waals surface area contributed by atoms with Gasteiger partial charge in [0.25, 0.3) is 0 Å². The molecule has 2 heterocycles. The molecule has 0 saturated carbocycles. The van der Waals surface area contributed by atoms with Gasteiger partial charge in [-0.3, -0.25) is 0 Å². The number of rotatable bonds is 2. The Labute approximate surface area is 157 Å². The lowest BCUT2D eigenvalue weighted by atomic mass is 10.0. The lowest BCUT2D eigenvalue weighted by Gasteiger charge is -2.11. The van der Waals surface area contributed by atoms with Crippen molar-refractivity contribution in [2.75, 3.05) is 6.54 Å². The Morgan fingerprint density at radius 2 is 1.96 bits per heavy atom. The van der Waals surface area contributed by atoms with Crippen molar-refractivity contribution in [2.45, 2.75) is 29.7 Å². The molecule has 0 aliphatic carbocycles. The Hall–Kier alpha value is -1.53. The van der Waals surface area contributed by atoms with E-state index in [9.17, 15) is 8.42 Å². The monoisotopic (exact) mass is 397 g/mol. The van der Waals surface area contributed by atoms with Crippen LogP contribution in [0.4, 0.5) is 0 Å². The van der Waals surface area contributed by atoms with Gasteiger partial charge in [0, 0.05) is 35.5 Å². The van der Waals surface area contributed by atoms with Crippen molar-refractivity contribution in [3.8, 4) is 0 Å². The number of benzene rings is 2. The second kappa shape index (κ2) is 6.65. The minimum absolute atomic E-state index is 0. The quantitative estimate of drug-likeness (QED) is 0.700. The molecule has 132 valence electrons. The van der Waals surface area contributed by atoms with E-state index in [4.69, 9.17) is 16.0 Å². The molecule has 0 radical (unpaired) electrons. The van der Waals surface area contributed by atoms with Crippen LogP contribution in [0.1, 0.15) is 16.9 Å². The first-order valence-electron chi connectivity index (χ1n) is 7.73. The Morgan fingerprint density at radius 1 is 1.16 bits per heavy atom. The van der Waals surface area contributed by atoms with E-state index in [0.29, 0.717) is 11.6 Å². The molecule has 1 aliphatic rings. The molecule has 0 bridgehead atoms. The average molecular weight is 398 g/mol. The van der Waals surface area contributed by atoms with Gasteiger partial charge in [-0.1, -0.05) is 17.7 Å². The molecule has 3 aromatic rings. The van der Waals surface area contributed by atoms with Crippen LogP contribution in [-0.4, -0.2) is 15.0 Å². The summed E-state index contributed by atoms with van der Waals surface area (Å²) in [4.78, 5) is 0.466. The number of hydrogen-bond donors (Lipinski definition) is 1. The molecule has 0 unspecified atom stereocenters. The van der Waals surface area contributed by atoms with E-state index in [1.807, 2.05) is 6.92 Å². The molecule has 0 spiro atoms. The molecular weight excluding hydrogens is 381 g/mol. The molecule has 1 N–H and O–H groups in total. The fourth-order valence-electron chi connectivity index (χ4n) is 3.17. The smallest absolute Gasteiger partial charge is 0.206 e. The maximum Gasteiger partial charge on any atom is 0.206 e. The van der Waals surface area contributed by atoms with Crippen LogP contribution in [0.25, 0.3) is 11.0 Å². The van der Waals surface area contributed by atoms with Gasteiger partial charge in [0.05, 0.1) is 9.79 Å². The third kappa shape index (κ3) is 3.06. The number of nitrogens with one attached hydrogen (secondary N) is 1. The first kappa shape index (κ1) is 18.3. The maximum absolute atomic E-state index is 13.0. The van der Waals surface area contributed by atoms with Crippen LogP contribution in [0.15, 0.2) is 50.6 Å². The van der Waals surface area contributed by atoms with Crippen molar-refractivity contribution < 1.29 is 12.8 Å². The van der Waals surface area contributed by atoms with E-state index in [2.05, 4.69) is 5.32 Å². The van der Waals surface area contributed by atoms with Crippen LogP contribution in [0, 0.1) is 6.92 Å². The van der Waals surface area contributed by atoms with Gasteiger partial charge in [0.1, 0.15) is 11.3 Å². The standard InChI is InChI=1S/C18H16ClNO3S.ClH/c1-11-7-14(24(21,22)13-4-2-3-12(19)8-13)9-15-16-10-20-6-5-17(16)23-18(11)15;/h2-4,7-9,20H,5-6,10H2,1H3;1H. The highest BCUT2D eigenvalue weighted by Crippen LogP contribution is 2.34. The summed E-state index contributed by atoms with van der Waals surface area (Å²) < 4.78 is 31.9. The van der Waals surface area contributed by atoms with Crippen LogP contribution >= 0.6 is 24.0 Å². The summed E-state index contributed by atoms with van der Waals surface area (Å²) in [5.74, 6) is 0.948. The van der Waals surface area contributed by atoms with Crippen molar-refractivity contribution in [3.63, 3.8) is 0 Å². The molecule has 4 rings (SSSR count). The summed E-state index contributed by atoms with van der Waals surface area (Å²) in [6.07, 6.45) is 0.819. The highest BCUT2D eigenvalue weighted by Gasteiger charge is 2.24. The van der Waals surface area contributed by atoms with E-state index >= 15 is 0 Å². The van der Waals surface area contributed by atoms with Crippen molar-refractivity contribution in [3.05, 3.63) is 58.3 Å². The predicted molar refractivity (Wildman–Crippen MR) is 101 cm³/mol. The van der Waals surface area contributed by atoms with E-state index in [1.165, 1.54) is 6.07 Å². The molecular formula is C18H17Cl2NO3S. The maximum atomic E-state index is 13.0. The van der Waals surface area contributed by atoms with Gasteiger partial charge in [0.2, 0.25) is 9.84 Å². The molecule has 0 saturated heterocycles. The van der Waals surface area contributed by atoms with Crippen molar-refractivity contribution in [2.24, 2.45) is 0 Å². The van der Waals surface area contributed by atoms with E-state index in [1.54, 1.807) is 30.3 Å². The summed E-state index contributed by atoms with van der Waals surface area (Å²) in [7, 11) is -3.63. The van der Waals surface area contributed by atoms with Gasteiger partial charge in [0.15, 0.2) is 0 Å². The molecule has 1 aromatic heterocycles. The van der Waals surface area contributed by atoms with Gasteiger partial charge in [-0.25, -0.2) is 8.42 Å². The van der Waals surface area contributed by atoms with Gasteiger partial charge in [-0.15, -0.1) is 12.4 Å². The van der Waals surface area contributed by atoms with Gasteiger partial charge in [-0.2, -0.15) is 0 Å². The number of furan rings is 1. The van der Waals surface area contributed by atoms with E-state index < -0.39 is 9.84 Å². The number of halogens is 2. The second-order valence-electron chi connectivity index (χ2n) is 6.01. The van der Waals surface area contributed by atoms with E-state index in [0.717, 1.165) is 40.8 Å². The zero-order valence-corrected chi connectivity index (χ0v) is 15.9. The zero-order chi connectivity index (χ0) is 16.9. The van der Waals surface area contributed by atoms with Gasteiger partial charge < -0.3 is 9.73 Å². The average Bonchev–Trinajstić information content (AvgIpc) is 2.94. The molecule has 25 heavy (non-hydrogen) atoms. The van der Waals surface area contributed by atoms with Crippen LogP contribution in [0.3, 0.4) is 0 Å². The predicted octanol–water partition coefficient (Wildman–Crippen LogP) is 4.29. The molecule has 0 atom stereocenters. The van der Waals surface area contributed by atoms with Crippen molar-refractivity contribution >= 4 is 44.8 Å². The largest absolute Gasteiger partial charge is 0.460 e. The minimum Gasteiger partial charge on any atom is -0.460 e. The Kier molecular flexibility index (Phi) is 4.86.